The third-order valence-corrected chi connectivity index (χ3v) is 4.57. The van der Waals surface area contributed by atoms with Gasteiger partial charge in [0.15, 0.2) is 5.82 Å². The molecule has 1 aromatic heterocycles. The highest BCUT2D eigenvalue weighted by Crippen LogP contribution is 2.31. The number of benzene rings is 2. The number of hydrogen-bond acceptors (Lipinski definition) is 6. The van der Waals surface area contributed by atoms with Gasteiger partial charge in [-0.25, -0.2) is 4.98 Å². The van der Waals surface area contributed by atoms with E-state index in [-0.39, 0.29) is 0 Å². The molecule has 0 amide bonds. The second kappa shape index (κ2) is 8.82. The Balaban J connectivity index is 1.54. The van der Waals surface area contributed by atoms with Crippen LogP contribution in [0.4, 0.5) is 0 Å². The Hall–Kier alpha value is -2.38. The summed E-state index contributed by atoms with van der Waals surface area (Å²) < 4.78 is 16.2. The van der Waals surface area contributed by atoms with E-state index in [0.717, 1.165) is 22.8 Å². The molecule has 0 radical (unpaired) electrons. The molecule has 26 heavy (non-hydrogen) atoms. The molecule has 0 atom stereocenters. The molecule has 1 heterocycles. The van der Waals surface area contributed by atoms with Gasteiger partial charge in [0, 0.05) is 10.8 Å². The van der Waals surface area contributed by atoms with E-state index in [1.807, 2.05) is 24.3 Å². The van der Waals surface area contributed by atoms with Crippen molar-refractivity contribution in [1.29, 1.82) is 0 Å². The number of methoxy groups -OCH3 is 2. The molecule has 0 aliphatic carbocycles. The number of ether oxygens (including phenoxy) is 3. The van der Waals surface area contributed by atoms with Crippen LogP contribution in [0.15, 0.2) is 47.6 Å². The maximum absolute atomic E-state index is 6.06. The summed E-state index contributed by atoms with van der Waals surface area (Å²) in [6.45, 7) is 0.543. The summed E-state index contributed by atoms with van der Waals surface area (Å²) in [4.78, 5) is 4.48. The Morgan fingerprint density at radius 3 is 2.54 bits per heavy atom. The van der Waals surface area contributed by atoms with Crippen molar-refractivity contribution >= 4 is 23.4 Å². The molecule has 0 aliphatic rings. The lowest BCUT2D eigenvalue weighted by molar-refractivity contribution is 0.342. The van der Waals surface area contributed by atoms with E-state index in [1.165, 1.54) is 11.8 Å². The fourth-order valence-corrected chi connectivity index (χ4v) is 3.05. The first kappa shape index (κ1) is 18.4. The van der Waals surface area contributed by atoms with E-state index in [9.17, 15) is 0 Å². The van der Waals surface area contributed by atoms with Gasteiger partial charge in [-0.15, -0.1) is 5.10 Å². The Kier molecular flexibility index (Phi) is 6.25. The molecule has 0 spiro atoms. The zero-order chi connectivity index (χ0) is 18.4. The van der Waals surface area contributed by atoms with Crippen LogP contribution >= 0.6 is 23.4 Å². The van der Waals surface area contributed by atoms with Gasteiger partial charge in [-0.05, 0) is 42.5 Å². The van der Waals surface area contributed by atoms with Gasteiger partial charge >= 0.3 is 0 Å². The number of nitrogens with zero attached hydrogens (tertiary/aromatic N) is 2. The van der Waals surface area contributed by atoms with Crippen LogP contribution in [0.1, 0.15) is 0 Å². The molecule has 0 aliphatic heterocycles. The average molecular weight is 392 g/mol. The number of thioether (sulfide) groups is 1. The van der Waals surface area contributed by atoms with E-state index >= 15 is 0 Å². The summed E-state index contributed by atoms with van der Waals surface area (Å²) in [5.74, 6) is 3.62. The van der Waals surface area contributed by atoms with Gasteiger partial charge in [-0.3, -0.25) is 5.10 Å². The molecule has 0 bridgehead atoms. The van der Waals surface area contributed by atoms with Crippen molar-refractivity contribution < 1.29 is 14.2 Å². The minimum Gasteiger partial charge on any atom is -0.497 e. The third kappa shape index (κ3) is 4.62. The molecule has 6 nitrogen and oxygen atoms in total. The highest BCUT2D eigenvalue weighted by atomic mass is 35.5. The SMILES string of the molecule is COc1ccc(OCCSc2n[nH]c(-c3cc(Cl)ccc3OC)n2)cc1. The van der Waals surface area contributed by atoms with Gasteiger partial charge in [-0.2, -0.15) is 0 Å². The van der Waals surface area contributed by atoms with E-state index in [1.54, 1.807) is 32.4 Å². The first-order valence-electron chi connectivity index (χ1n) is 7.85. The van der Waals surface area contributed by atoms with Crippen LogP contribution in [0, 0.1) is 0 Å². The molecule has 136 valence electrons. The van der Waals surface area contributed by atoms with Crippen LogP contribution in [-0.2, 0) is 0 Å². The molecular weight excluding hydrogens is 374 g/mol. The summed E-state index contributed by atoms with van der Waals surface area (Å²) in [7, 11) is 3.24. The van der Waals surface area contributed by atoms with Crippen molar-refractivity contribution in [2.24, 2.45) is 0 Å². The van der Waals surface area contributed by atoms with Crippen LogP contribution in [0.2, 0.25) is 5.02 Å². The van der Waals surface area contributed by atoms with Gasteiger partial charge in [-0.1, -0.05) is 23.4 Å². The zero-order valence-corrected chi connectivity index (χ0v) is 15.9. The summed E-state index contributed by atoms with van der Waals surface area (Å²) >= 11 is 7.57. The predicted molar refractivity (Wildman–Crippen MR) is 103 cm³/mol. The molecular formula is C18H18ClN3O3S. The second-order valence-electron chi connectivity index (χ2n) is 5.18. The largest absolute Gasteiger partial charge is 0.497 e. The number of H-pyrrole nitrogens is 1. The number of aromatic amines is 1. The average Bonchev–Trinajstić information content (AvgIpc) is 3.14. The molecule has 0 saturated carbocycles. The first-order chi connectivity index (χ1) is 12.7. The minimum atomic E-state index is 0.543. The van der Waals surface area contributed by atoms with Gasteiger partial charge in [0.05, 0.1) is 26.4 Å². The monoisotopic (exact) mass is 391 g/mol. The van der Waals surface area contributed by atoms with Crippen molar-refractivity contribution in [3.63, 3.8) is 0 Å². The lowest BCUT2D eigenvalue weighted by atomic mass is 10.2. The van der Waals surface area contributed by atoms with Crippen LogP contribution in [-0.4, -0.2) is 41.8 Å². The van der Waals surface area contributed by atoms with Crippen LogP contribution in [0.3, 0.4) is 0 Å². The summed E-state index contributed by atoms with van der Waals surface area (Å²) in [6.07, 6.45) is 0. The number of aromatic nitrogens is 3. The Bertz CT molecular complexity index is 855. The molecule has 8 heteroatoms. The molecule has 3 aromatic rings. The summed E-state index contributed by atoms with van der Waals surface area (Å²) in [5.41, 5.74) is 0.772. The van der Waals surface area contributed by atoms with Crippen LogP contribution in [0.5, 0.6) is 17.2 Å². The van der Waals surface area contributed by atoms with Crippen molar-refractivity contribution in [2.75, 3.05) is 26.6 Å². The fourth-order valence-electron chi connectivity index (χ4n) is 2.26. The van der Waals surface area contributed by atoms with Crippen molar-refractivity contribution in [1.82, 2.24) is 15.2 Å². The number of halogens is 1. The molecule has 0 fully saturated rings. The van der Waals surface area contributed by atoms with Gasteiger partial charge in [0.1, 0.15) is 17.2 Å². The standard InChI is InChI=1S/C18H18ClN3O3S/c1-23-13-4-6-14(7-5-13)25-9-10-26-18-20-17(21-22-18)15-11-12(19)3-8-16(15)24-2/h3-8,11H,9-10H2,1-2H3,(H,20,21,22). The number of rotatable bonds is 8. The maximum atomic E-state index is 6.06. The Morgan fingerprint density at radius 1 is 1.04 bits per heavy atom. The van der Waals surface area contributed by atoms with E-state index < -0.39 is 0 Å². The lowest BCUT2D eigenvalue weighted by Gasteiger charge is -2.06. The highest BCUT2D eigenvalue weighted by molar-refractivity contribution is 7.99. The third-order valence-electron chi connectivity index (χ3n) is 3.52. The second-order valence-corrected chi connectivity index (χ2v) is 6.68. The molecule has 2 aromatic carbocycles. The quantitative estimate of drug-likeness (QED) is 0.455. The van der Waals surface area contributed by atoms with Crippen LogP contribution < -0.4 is 14.2 Å². The van der Waals surface area contributed by atoms with E-state index in [2.05, 4.69) is 15.2 Å². The molecule has 3 rings (SSSR count). The Labute approximate surface area is 160 Å². The van der Waals surface area contributed by atoms with Crippen molar-refractivity contribution in [2.45, 2.75) is 5.16 Å². The van der Waals surface area contributed by atoms with Crippen molar-refractivity contribution in [3.05, 3.63) is 47.5 Å². The zero-order valence-electron chi connectivity index (χ0n) is 14.4. The fraction of sp³-hybridized carbons (Fsp3) is 0.222. The molecule has 0 saturated heterocycles. The Morgan fingerprint density at radius 2 is 1.81 bits per heavy atom. The maximum Gasteiger partial charge on any atom is 0.208 e. The van der Waals surface area contributed by atoms with Crippen molar-refractivity contribution in [3.8, 4) is 28.6 Å². The van der Waals surface area contributed by atoms with E-state index in [0.29, 0.717) is 28.4 Å². The lowest BCUT2D eigenvalue weighted by Crippen LogP contribution is -2.00. The number of hydrogen-bond donors (Lipinski definition) is 1. The molecule has 1 N–H and O–H groups in total. The predicted octanol–water partition coefficient (Wildman–Crippen LogP) is 4.31. The number of nitrogens with one attached hydrogen (secondary N) is 1. The topological polar surface area (TPSA) is 69.3 Å². The van der Waals surface area contributed by atoms with Crippen LogP contribution in [0.25, 0.3) is 11.4 Å². The normalized spacial score (nSPS) is 10.6. The van der Waals surface area contributed by atoms with Gasteiger partial charge in [0.2, 0.25) is 5.16 Å². The first-order valence-corrected chi connectivity index (χ1v) is 9.22. The molecule has 0 unspecified atom stereocenters. The summed E-state index contributed by atoms with van der Waals surface area (Å²) in [6, 6.07) is 12.8. The van der Waals surface area contributed by atoms with Gasteiger partial charge < -0.3 is 14.2 Å². The minimum absolute atomic E-state index is 0.543. The van der Waals surface area contributed by atoms with Gasteiger partial charge in [0.25, 0.3) is 0 Å². The summed E-state index contributed by atoms with van der Waals surface area (Å²) in [5, 5.41) is 8.39. The smallest absolute Gasteiger partial charge is 0.208 e. The van der Waals surface area contributed by atoms with E-state index in [4.69, 9.17) is 25.8 Å². The highest BCUT2D eigenvalue weighted by Gasteiger charge is 2.12.